The molecule has 0 saturated carbocycles. The van der Waals surface area contributed by atoms with E-state index in [-0.39, 0.29) is 0 Å². The molecule has 54 valence electrons. The van der Waals surface area contributed by atoms with E-state index >= 15 is 0 Å². The number of thioether (sulfide) groups is 1. The second-order valence-electron chi connectivity index (χ2n) is 2.16. The van der Waals surface area contributed by atoms with Crippen LogP contribution in [0.15, 0.2) is 0 Å². The van der Waals surface area contributed by atoms with E-state index in [1.54, 1.807) is 18.9 Å². The molecule has 0 aromatic rings. The molecule has 0 aliphatic rings. The fourth-order valence-electron chi connectivity index (χ4n) is 0.294. The molecular weight excluding hydrogens is 152 g/mol. The Bertz CT molecular complexity index is 91.1. The van der Waals surface area contributed by atoms with Crippen LogP contribution in [0.1, 0.15) is 13.8 Å². The summed E-state index contributed by atoms with van der Waals surface area (Å²) in [6.07, 6.45) is 0. The van der Waals surface area contributed by atoms with Crippen molar-refractivity contribution >= 4 is 28.4 Å². The lowest BCUT2D eigenvalue weighted by molar-refractivity contribution is 0.426. The standard InChI is InChI=1S/C6H12OS2/c1-5(2)4-9-6(8)7-3/h5H,4H2,1-3H3. The third-order valence-corrected chi connectivity index (χ3v) is 2.46. The van der Waals surface area contributed by atoms with Gasteiger partial charge in [-0.05, 0) is 18.1 Å². The number of rotatable bonds is 2. The van der Waals surface area contributed by atoms with Crippen LogP contribution in [0.5, 0.6) is 0 Å². The van der Waals surface area contributed by atoms with Crippen LogP contribution < -0.4 is 0 Å². The first-order valence-corrected chi connectivity index (χ1v) is 4.27. The highest BCUT2D eigenvalue weighted by Gasteiger charge is 1.97. The molecule has 0 atom stereocenters. The highest BCUT2D eigenvalue weighted by atomic mass is 32.2. The number of thiocarbonyl (C=S) groups is 1. The molecule has 0 N–H and O–H groups in total. The van der Waals surface area contributed by atoms with E-state index in [9.17, 15) is 0 Å². The van der Waals surface area contributed by atoms with Crippen molar-refractivity contribution in [2.24, 2.45) is 5.92 Å². The maximum Gasteiger partial charge on any atom is 0.219 e. The first-order valence-electron chi connectivity index (χ1n) is 2.87. The van der Waals surface area contributed by atoms with Gasteiger partial charge in [0.15, 0.2) is 0 Å². The number of hydrogen-bond acceptors (Lipinski definition) is 3. The second-order valence-corrected chi connectivity index (χ2v) is 3.78. The van der Waals surface area contributed by atoms with Crippen molar-refractivity contribution in [3.63, 3.8) is 0 Å². The van der Waals surface area contributed by atoms with Crippen LogP contribution in [0, 0.1) is 5.92 Å². The van der Waals surface area contributed by atoms with E-state index in [2.05, 4.69) is 13.8 Å². The van der Waals surface area contributed by atoms with Gasteiger partial charge in [0.2, 0.25) is 4.38 Å². The molecule has 0 saturated heterocycles. The molecule has 9 heavy (non-hydrogen) atoms. The van der Waals surface area contributed by atoms with Crippen LogP contribution in [0.3, 0.4) is 0 Å². The lowest BCUT2D eigenvalue weighted by Crippen LogP contribution is -1.97. The Balaban J connectivity index is 3.17. The summed E-state index contributed by atoms with van der Waals surface area (Å²) in [7, 11) is 1.61. The Labute approximate surface area is 66.2 Å². The summed E-state index contributed by atoms with van der Waals surface area (Å²) >= 11 is 6.41. The number of methoxy groups -OCH3 is 1. The molecule has 0 aromatic heterocycles. The lowest BCUT2D eigenvalue weighted by Gasteiger charge is -2.02. The molecule has 0 heterocycles. The zero-order chi connectivity index (χ0) is 7.28. The Kier molecular flexibility index (Phi) is 5.19. The minimum absolute atomic E-state index is 0.642. The zero-order valence-corrected chi connectivity index (χ0v) is 7.64. The van der Waals surface area contributed by atoms with Crippen molar-refractivity contribution in [1.82, 2.24) is 0 Å². The predicted octanol–water partition coefficient (Wildman–Crippen LogP) is 2.31. The van der Waals surface area contributed by atoms with Gasteiger partial charge in [-0.1, -0.05) is 25.6 Å². The summed E-state index contributed by atoms with van der Waals surface area (Å²) in [6, 6.07) is 0. The molecule has 1 nitrogen and oxygen atoms in total. The van der Waals surface area contributed by atoms with Gasteiger partial charge >= 0.3 is 0 Å². The molecule has 0 bridgehead atoms. The van der Waals surface area contributed by atoms with Gasteiger partial charge in [0.25, 0.3) is 0 Å². The Morgan fingerprint density at radius 2 is 2.22 bits per heavy atom. The van der Waals surface area contributed by atoms with Gasteiger partial charge < -0.3 is 4.74 Å². The maximum absolute atomic E-state index is 4.81. The Morgan fingerprint density at radius 1 is 1.67 bits per heavy atom. The maximum atomic E-state index is 4.81. The molecule has 0 aromatic carbocycles. The van der Waals surface area contributed by atoms with Crippen LogP contribution in [0.2, 0.25) is 0 Å². The molecule has 0 aliphatic carbocycles. The molecule has 0 rings (SSSR count). The highest BCUT2D eigenvalue weighted by Crippen LogP contribution is 2.09. The molecule has 0 radical (unpaired) electrons. The summed E-state index contributed by atoms with van der Waals surface area (Å²) in [6.45, 7) is 4.32. The highest BCUT2D eigenvalue weighted by molar-refractivity contribution is 8.22. The molecule has 0 amide bonds. The second kappa shape index (κ2) is 5.06. The van der Waals surface area contributed by atoms with E-state index in [1.807, 2.05) is 0 Å². The van der Waals surface area contributed by atoms with E-state index in [0.29, 0.717) is 10.3 Å². The van der Waals surface area contributed by atoms with Gasteiger partial charge in [-0.3, -0.25) is 0 Å². The summed E-state index contributed by atoms with van der Waals surface area (Å²) in [4.78, 5) is 0. The Hall–Kier alpha value is 0.240. The molecule has 0 spiro atoms. The Morgan fingerprint density at radius 3 is 2.56 bits per heavy atom. The fourth-order valence-corrected chi connectivity index (χ4v) is 1.09. The summed E-state index contributed by atoms with van der Waals surface area (Å²) < 4.78 is 5.44. The zero-order valence-electron chi connectivity index (χ0n) is 6.01. The third-order valence-electron chi connectivity index (χ3n) is 0.701. The molecule has 0 aliphatic heterocycles. The van der Waals surface area contributed by atoms with Gasteiger partial charge in [-0.15, -0.1) is 0 Å². The van der Waals surface area contributed by atoms with Gasteiger partial charge in [0.1, 0.15) is 0 Å². The first-order chi connectivity index (χ1) is 4.16. The van der Waals surface area contributed by atoms with Crippen molar-refractivity contribution < 1.29 is 4.74 Å². The van der Waals surface area contributed by atoms with Crippen molar-refractivity contribution in [2.75, 3.05) is 12.9 Å². The predicted molar refractivity (Wildman–Crippen MR) is 46.9 cm³/mol. The number of hydrogen-bond donors (Lipinski definition) is 0. The van der Waals surface area contributed by atoms with Gasteiger partial charge in [-0.25, -0.2) is 0 Å². The van der Waals surface area contributed by atoms with Crippen molar-refractivity contribution in [3.8, 4) is 0 Å². The molecular formula is C6H12OS2. The lowest BCUT2D eigenvalue weighted by atomic mass is 10.3. The number of ether oxygens (including phenoxy) is 1. The van der Waals surface area contributed by atoms with E-state index in [4.69, 9.17) is 17.0 Å². The van der Waals surface area contributed by atoms with Crippen molar-refractivity contribution in [2.45, 2.75) is 13.8 Å². The van der Waals surface area contributed by atoms with Gasteiger partial charge in [0.05, 0.1) is 7.11 Å². The summed E-state index contributed by atoms with van der Waals surface area (Å²) in [5.74, 6) is 1.73. The van der Waals surface area contributed by atoms with Crippen LogP contribution in [0.25, 0.3) is 0 Å². The van der Waals surface area contributed by atoms with Crippen molar-refractivity contribution in [3.05, 3.63) is 0 Å². The summed E-state index contributed by atoms with van der Waals surface area (Å²) in [5, 5.41) is 0. The van der Waals surface area contributed by atoms with E-state index in [1.165, 1.54) is 0 Å². The van der Waals surface area contributed by atoms with E-state index in [0.717, 1.165) is 5.75 Å². The van der Waals surface area contributed by atoms with Crippen LogP contribution in [-0.2, 0) is 4.74 Å². The molecule has 3 heteroatoms. The summed E-state index contributed by atoms with van der Waals surface area (Å²) in [5.41, 5.74) is 0. The smallest absolute Gasteiger partial charge is 0.219 e. The first kappa shape index (κ1) is 9.24. The monoisotopic (exact) mass is 164 g/mol. The SMILES string of the molecule is COC(=S)SCC(C)C. The van der Waals surface area contributed by atoms with Crippen LogP contribution >= 0.6 is 24.0 Å². The van der Waals surface area contributed by atoms with Crippen LogP contribution in [-0.4, -0.2) is 17.2 Å². The van der Waals surface area contributed by atoms with Gasteiger partial charge in [-0.2, -0.15) is 0 Å². The minimum atomic E-state index is 0.642. The van der Waals surface area contributed by atoms with E-state index < -0.39 is 0 Å². The average molecular weight is 164 g/mol. The largest absolute Gasteiger partial charge is 0.482 e. The average Bonchev–Trinajstić information content (AvgIpc) is 1.83. The van der Waals surface area contributed by atoms with Crippen molar-refractivity contribution in [1.29, 1.82) is 0 Å². The molecule has 0 unspecified atom stereocenters. The topological polar surface area (TPSA) is 9.23 Å². The fraction of sp³-hybridized carbons (Fsp3) is 0.833. The molecule has 0 fully saturated rings. The van der Waals surface area contributed by atoms with Crippen LogP contribution in [0.4, 0.5) is 0 Å². The minimum Gasteiger partial charge on any atom is -0.482 e. The third kappa shape index (κ3) is 6.12. The quantitative estimate of drug-likeness (QED) is 0.580. The van der Waals surface area contributed by atoms with Gasteiger partial charge in [0, 0.05) is 5.75 Å². The normalized spacial score (nSPS) is 9.78.